The Morgan fingerprint density at radius 2 is 1.85 bits per heavy atom. The van der Waals surface area contributed by atoms with Gasteiger partial charge in [-0.05, 0) is 12.3 Å². The van der Waals surface area contributed by atoms with E-state index in [-0.39, 0.29) is 17.9 Å². The van der Waals surface area contributed by atoms with Gasteiger partial charge in [0.05, 0.1) is 0 Å². The fraction of sp³-hybridized carbons (Fsp3) is 0.900. The van der Waals surface area contributed by atoms with Gasteiger partial charge in [0, 0.05) is 17.3 Å². The largest absolute Gasteiger partial charge is 0.352 e. The molecule has 0 saturated carbocycles. The van der Waals surface area contributed by atoms with E-state index in [0.717, 1.165) is 11.8 Å². The van der Waals surface area contributed by atoms with E-state index in [4.69, 9.17) is 0 Å². The summed E-state index contributed by atoms with van der Waals surface area (Å²) in [6.07, 6.45) is 1.03. The number of nitrogens with one attached hydrogen (secondary N) is 1. The Bertz CT molecular complexity index is 157. The molecule has 3 heteroatoms. The third-order valence-corrected chi connectivity index (χ3v) is 2.59. The lowest BCUT2D eigenvalue weighted by Gasteiger charge is -2.19. The maximum absolute atomic E-state index is 11.4. The third-order valence-electron chi connectivity index (χ3n) is 1.81. The first-order valence-electron chi connectivity index (χ1n) is 4.83. The summed E-state index contributed by atoms with van der Waals surface area (Å²) < 4.78 is 0. The highest BCUT2D eigenvalue weighted by Crippen LogP contribution is 2.07. The van der Waals surface area contributed by atoms with Crippen LogP contribution >= 0.6 is 15.9 Å². The quantitative estimate of drug-likeness (QED) is 0.746. The molecule has 1 atom stereocenters. The average Bonchev–Trinajstić information content (AvgIpc) is 2.02. The minimum atomic E-state index is 0.0775. The van der Waals surface area contributed by atoms with Gasteiger partial charge >= 0.3 is 0 Å². The van der Waals surface area contributed by atoms with Gasteiger partial charge in [0.15, 0.2) is 0 Å². The second kappa shape index (κ2) is 6.41. The highest BCUT2D eigenvalue weighted by atomic mass is 79.9. The molecular formula is C10H20BrNO. The highest BCUT2D eigenvalue weighted by Gasteiger charge is 2.14. The zero-order valence-corrected chi connectivity index (χ0v) is 10.5. The van der Waals surface area contributed by atoms with Crippen LogP contribution in [0, 0.1) is 11.8 Å². The summed E-state index contributed by atoms with van der Waals surface area (Å²) >= 11 is 3.41. The number of carbonyl (C=O) groups excluding carboxylic acids is 1. The maximum Gasteiger partial charge on any atom is 0.222 e. The van der Waals surface area contributed by atoms with E-state index < -0.39 is 0 Å². The monoisotopic (exact) mass is 249 g/mol. The van der Waals surface area contributed by atoms with Crippen molar-refractivity contribution in [1.82, 2.24) is 5.32 Å². The fourth-order valence-electron chi connectivity index (χ4n) is 1.10. The molecule has 2 nitrogen and oxygen atoms in total. The molecule has 0 heterocycles. The number of hydrogen-bond acceptors (Lipinski definition) is 1. The first-order valence-corrected chi connectivity index (χ1v) is 5.95. The van der Waals surface area contributed by atoms with Gasteiger partial charge in [-0.15, -0.1) is 0 Å². The van der Waals surface area contributed by atoms with E-state index in [2.05, 4.69) is 35.1 Å². The molecule has 0 saturated heterocycles. The molecule has 1 amide bonds. The Kier molecular flexibility index (Phi) is 6.39. The van der Waals surface area contributed by atoms with Crippen LogP contribution in [0.1, 0.15) is 34.1 Å². The summed E-state index contributed by atoms with van der Waals surface area (Å²) in [6.45, 7) is 8.15. The summed E-state index contributed by atoms with van der Waals surface area (Å²) in [7, 11) is 0. The van der Waals surface area contributed by atoms with E-state index >= 15 is 0 Å². The summed E-state index contributed by atoms with van der Waals surface area (Å²) in [4.78, 5) is 11.4. The van der Waals surface area contributed by atoms with Crippen LogP contribution in [-0.4, -0.2) is 17.3 Å². The van der Waals surface area contributed by atoms with Crippen LogP contribution in [0.5, 0.6) is 0 Å². The summed E-state index contributed by atoms with van der Waals surface area (Å²) in [5.74, 6) is 0.842. The van der Waals surface area contributed by atoms with Crippen molar-refractivity contribution in [2.45, 2.75) is 40.2 Å². The van der Waals surface area contributed by atoms with E-state index in [0.29, 0.717) is 5.92 Å². The molecule has 1 unspecified atom stereocenters. The van der Waals surface area contributed by atoms with Crippen molar-refractivity contribution in [3.63, 3.8) is 0 Å². The van der Waals surface area contributed by atoms with E-state index in [1.54, 1.807) is 0 Å². The van der Waals surface area contributed by atoms with Crippen molar-refractivity contribution in [1.29, 1.82) is 0 Å². The predicted octanol–water partition coefficient (Wildman–Crippen LogP) is 2.57. The highest BCUT2D eigenvalue weighted by molar-refractivity contribution is 9.09. The lowest BCUT2D eigenvalue weighted by Crippen LogP contribution is -2.39. The van der Waals surface area contributed by atoms with Gasteiger partial charge in [-0.3, -0.25) is 4.79 Å². The van der Waals surface area contributed by atoms with Crippen molar-refractivity contribution < 1.29 is 4.79 Å². The Hall–Kier alpha value is -0.0500. The molecule has 0 aliphatic heterocycles. The van der Waals surface area contributed by atoms with Crippen LogP contribution in [0.2, 0.25) is 0 Å². The Labute approximate surface area is 89.6 Å². The third kappa shape index (κ3) is 6.08. The normalized spacial score (nSPS) is 13.5. The lowest BCUT2D eigenvalue weighted by molar-refractivity contribution is -0.124. The van der Waals surface area contributed by atoms with Crippen molar-refractivity contribution in [3.05, 3.63) is 0 Å². The minimum Gasteiger partial charge on any atom is -0.352 e. The van der Waals surface area contributed by atoms with E-state index in [1.807, 2.05) is 13.8 Å². The van der Waals surface area contributed by atoms with Gasteiger partial charge in [0.2, 0.25) is 5.91 Å². The molecule has 0 radical (unpaired) electrons. The van der Waals surface area contributed by atoms with Crippen molar-refractivity contribution in [2.75, 3.05) is 5.33 Å². The predicted molar refractivity (Wildman–Crippen MR) is 60.0 cm³/mol. The Morgan fingerprint density at radius 1 is 1.31 bits per heavy atom. The van der Waals surface area contributed by atoms with E-state index in [9.17, 15) is 4.79 Å². The second-order valence-corrected chi connectivity index (χ2v) is 4.79. The van der Waals surface area contributed by atoms with Gasteiger partial charge in [0.1, 0.15) is 0 Å². The molecule has 13 heavy (non-hydrogen) atoms. The van der Waals surface area contributed by atoms with Crippen molar-refractivity contribution in [2.24, 2.45) is 11.8 Å². The first kappa shape index (κ1) is 12.9. The van der Waals surface area contributed by atoms with Crippen LogP contribution < -0.4 is 5.32 Å². The van der Waals surface area contributed by atoms with Crippen molar-refractivity contribution >= 4 is 21.8 Å². The molecule has 0 fully saturated rings. The molecule has 0 aromatic rings. The SMILES string of the molecule is CC(C)CC(CBr)NC(=O)C(C)C. The molecule has 0 aromatic carbocycles. The number of rotatable bonds is 5. The van der Waals surface area contributed by atoms with E-state index in [1.165, 1.54) is 0 Å². The molecular weight excluding hydrogens is 230 g/mol. The average molecular weight is 250 g/mol. The first-order chi connectivity index (χ1) is 5.97. The molecule has 0 rings (SSSR count). The van der Waals surface area contributed by atoms with Crippen LogP contribution in [0.3, 0.4) is 0 Å². The molecule has 78 valence electrons. The Balaban J connectivity index is 3.90. The fourth-order valence-corrected chi connectivity index (χ4v) is 1.52. The molecule has 0 aliphatic carbocycles. The zero-order valence-electron chi connectivity index (χ0n) is 8.93. The van der Waals surface area contributed by atoms with Crippen LogP contribution in [0.4, 0.5) is 0 Å². The molecule has 1 N–H and O–H groups in total. The standard InChI is InChI=1S/C10H20BrNO/c1-7(2)5-9(6-11)12-10(13)8(3)4/h7-9H,5-6H2,1-4H3,(H,12,13). The minimum absolute atomic E-state index is 0.0775. The summed E-state index contributed by atoms with van der Waals surface area (Å²) in [6, 6.07) is 0.273. The van der Waals surface area contributed by atoms with Gasteiger partial charge < -0.3 is 5.32 Å². The molecule has 0 spiro atoms. The van der Waals surface area contributed by atoms with Gasteiger partial charge in [-0.1, -0.05) is 43.6 Å². The smallest absolute Gasteiger partial charge is 0.222 e. The number of amides is 1. The van der Waals surface area contributed by atoms with Gasteiger partial charge in [-0.2, -0.15) is 0 Å². The van der Waals surface area contributed by atoms with Crippen LogP contribution in [0.25, 0.3) is 0 Å². The number of alkyl halides is 1. The maximum atomic E-state index is 11.4. The van der Waals surface area contributed by atoms with Gasteiger partial charge in [-0.25, -0.2) is 0 Å². The zero-order chi connectivity index (χ0) is 10.4. The number of hydrogen-bond donors (Lipinski definition) is 1. The summed E-state index contributed by atoms with van der Waals surface area (Å²) in [5, 5.41) is 3.85. The number of halogens is 1. The number of carbonyl (C=O) groups is 1. The Morgan fingerprint density at radius 3 is 2.15 bits per heavy atom. The molecule has 0 bridgehead atoms. The van der Waals surface area contributed by atoms with Crippen LogP contribution in [0.15, 0.2) is 0 Å². The molecule has 0 aromatic heterocycles. The molecule has 0 aliphatic rings. The summed E-state index contributed by atoms with van der Waals surface area (Å²) in [5.41, 5.74) is 0. The topological polar surface area (TPSA) is 29.1 Å². The second-order valence-electron chi connectivity index (χ2n) is 4.14. The lowest BCUT2D eigenvalue weighted by atomic mass is 10.0. The van der Waals surface area contributed by atoms with Gasteiger partial charge in [0.25, 0.3) is 0 Å². The van der Waals surface area contributed by atoms with Crippen LogP contribution in [-0.2, 0) is 4.79 Å². The van der Waals surface area contributed by atoms with Crippen molar-refractivity contribution in [3.8, 4) is 0 Å².